The molecule has 2 amide bonds. The third kappa shape index (κ3) is 3.90. The van der Waals surface area contributed by atoms with Gasteiger partial charge in [-0.3, -0.25) is 14.5 Å². The molecule has 0 radical (unpaired) electrons. The van der Waals surface area contributed by atoms with Crippen molar-refractivity contribution in [2.45, 2.75) is 50.8 Å². The molecule has 2 bridgehead atoms. The molecule has 2 N–H and O–H groups in total. The maximum Gasteiger partial charge on any atom is 0.270 e. The van der Waals surface area contributed by atoms with Gasteiger partial charge in [0, 0.05) is 38.3 Å². The van der Waals surface area contributed by atoms with Crippen molar-refractivity contribution < 1.29 is 14.3 Å². The van der Waals surface area contributed by atoms with Crippen LogP contribution in [0.3, 0.4) is 0 Å². The van der Waals surface area contributed by atoms with Crippen LogP contribution in [0.1, 0.15) is 48.7 Å². The summed E-state index contributed by atoms with van der Waals surface area (Å²) in [4.78, 5) is 33.8. The molecule has 1 aromatic heterocycles. The lowest BCUT2D eigenvalue weighted by Gasteiger charge is -2.61. The average molecular weight is 462 g/mol. The first-order chi connectivity index (χ1) is 16.5. The van der Waals surface area contributed by atoms with E-state index in [-0.39, 0.29) is 17.4 Å². The molecule has 1 aromatic carbocycles. The van der Waals surface area contributed by atoms with Gasteiger partial charge in [0.05, 0.1) is 17.6 Å². The first-order valence-electron chi connectivity index (χ1n) is 12.4. The Morgan fingerprint density at radius 2 is 1.97 bits per heavy atom. The summed E-state index contributed by atoms with van der Waals surface area (Å²) in [6.45, 7) is 6.45. The summed E-state index contributed by atoms with van der Waals surface area (Å²) >= 11 is 0. The SMILES string of the molecule is CC[C@@H]1Oc2ccc(CN3CCN(c4ccc(C(=O)NC56CC(C5)C6)nc4)CC3)cc2NC1=O. The number of carbonyl (C=O) groups excluding carboxylic acids is 2. The molecule has 0 spiro atoms. The highest BCUT2D eigenvalue weighted by Gasteiger charge is 2.57. The zero-order valence-electron chi connectivity index (χ0n) is 19.5. The van der Waals surface area contributed by atoms with E-state index < -0.39 is 6.10 Å². The Balaban J connectivity index is 1.02. The van der Waals surface area contributed by atoms with E-state index in [0.717, 1.165) is 80.6 Å². The van der Waals surface area contributed by atoms with Gasteiger partial charge >= 0.3 is 0 Å². The molecule has 3 heterocycles. The fourth-order valence-electron chi connectivity index (χ4n) is 5.63. The summed E-state index contributed by atoms with van der Waals surface area (Å²) in [7, 11) is 0. The van der Waals surface area contributed by atoms with Crippen LogP contribution < -0.4 is 20.3 Å². The second kappa shape index (κ2) is 8.27. The summed E-state index contributed by atoms with van der Waals surface area (Å²) in [6, 6.07) is 9.91. The zero-order valence-corrected chi connectivity index (χ0v) is 19.5. The van der Waals surface area contributed by atoms with Crippen molar-refractivity contribution >= 4 is 23.2 Å². The van der Waals surface area contributed by atoms with Crippen LogP contribution in [0, 0.1) is 5.92 Å². The van der Waals surface area contributed by atoms with E-state index >= 15 is 0 Å². The van der Waals surface area contributed by atoms with Gasteiger partial charge in [0.2, 0.25) is 0 Å². The average Bonchev–Trinajstić information content (AvgIpc) is 2.80. The van der Waals surface area contributed by atoms with Gasteiger partial charge < -0.3 is 20.3 Å². The Labute approximate surface area is 199 Å². The van der Waals surface area contributed by atoms with E-state index in [0.29, 0.717) is 12.1 Å². The predicted octanol–water partition coefficient (Wildman–Crippen LogP) is 2.80. The molecule has 5 aliphatic rings. The molecule has 8 heteroatoms. The monoisotopic (exact) mass is 461 g/mol. The number of nitrogens with one attached hydrogen (secondary N) is 2. The topological polar surface area (TPSA) is 86.8 Å². The molecule has 3 saturated carbocycles. The van der Waals surface area contributed by atoms with Crippen molar-refractivity contribution in [3.63, 3.8) is 0 Å². The highest BCUT2D eigenvalue weighted by Crippen LogP contribution is 2.56. The van der Waals surface area contributed by atoms with Crippen molar-refractivity contribution in [1.29, 1.82) is 0 Å². The number of fused-ring (bicyclic) bond motifs is 1. The second-order valence-corrected chi connectivity index (χ2v) is 10.2. The maximum absolute atomic E-state index is 12.5. The largest absolute Gasteiger partial charge is 0.478 e. The lowest BCUT2D eigenvalue weighted by Crippen LogP contribution is -2.68. The van der Waals surface area contributed by atoms with Crippen LogP contribution in [0.4, 0.5) is 11.4 Å². The quantitative estimate of drug-likeness (QED) is 0.688. The summed E-state index contributed by atoms with van der Waals surface area (Å²) in [5.41, 5.74) is 3.55. The van der Waals surface area contributed by atoms with Crippen LogP contribution in [0.15, 0.2) is 36.5 Å². The number of rotatable bonds is 6. The van der Waals surface area contributed by atoms with Gasteiger partial charge in [0.25, 0.3) is 11.8 Å². The number of anilines is 2. The van der Waals surface area contributed by atoms with Crippen LogP contribution in [0.2, 0.25) is 0 Å². The van der Waals surface area contributed by atoms with Crippen LogP contribution >= 0.6 is 0 Å². The molecular formula is C26H31N5O3. The van der Waals surface area contributed by atoms with E-state index in [4.69, 9.17) is 4.74 Å². The Kier molecular flexibility index (Phi) is 5.21. The van der Waals surface area contributed by atoms with Crippen LogP contribution in [0.5, 0.6) is 5.75 Å². The number of aromatic nitrogens is 1. The van der Waals surface area contributed by atoms with Crippen molar-refractivity contribution in [1.82, 2.24) is 15.2 Å². The Morgan fingerprint density at radius 3 is 2.62 bits per heavy atom. The highest BCUT2D eigenvalue weighted by atomic mass is 16.5. The van der Waals surface area contributed by atoms with E-state index in [9.17, 15) is 9.59 Å². The summed E-state index contributed by atoms with van der Waals surface area (Å²) in [6.07, 6.45) is 5.47. The van der Waals surface area contributed by atoms with Gasteiger partial charge in [0.15, 0.2) is 6.10 Å². The van der Waals surface area contributed by atoms with E-state index in [1.165, 1.54) is 0 Å². The molecular weight excluding hydrogens is 430 g/mol. The van der Waals surface area contributed by atoms with Crippen molar-refractivity contribution in [3.8, 4) is 5.75 Å². The van der Waals surface area contributed by atoms with Gasteiger partial charge in [0.1, 0.15) is 11.4 Å². The molecule has 178 valence electrons. The third-order valence-corrected chi connectivity index (χ3v) is 7.78. The van der Waals surface area contributed by atoms with Crippen LogP contribution in [-0.2, 0) is 11.3 Å². The smallest absolute Gasteiger partial charge is 0.270 e. The number of amides is 2. The number of pyridine rings is 1. The molecule has 3 aliphatic carbocycles. The number of ether oxygens (including phenoxy) is 1. The molecule has 7 rings (SSSR count). The number of hydrogen-bond acceptors (Lipinski definition) is 6. The number of nitrogens with zero attached hydrogens (tertiary/aromatic N) is 3. The molecule has 1 saturated heterocycles. The molecule has 4 fully saturated rings. The summed E-state index contributed by atoms with van der Waals surface area (Å²) in [5.74, 6) is 1.46. The fourth-order valence-corrected chi connectivity index (χ4v) is 5.63. The minimum absolute atomic E-state index is 0.0497. The molecule has 2 aromatic rings. The third-order valence-electron chi connectivity index (χ3n) is 7.78. The molecule has 34 heavy (non-hydrogen) atoms. The molecule has 2 aliphatic heterocycles. The Morgan fingerprint density at radius 1 is 1.18 bits per heavy atom. The van der Waals surface area contributed by atoms with E-state index in [2.05, 4.69) is 31.5 Å². The van der Waals surface area contributed by atoms with Gasteiger partial charge in [-0.25, -0.2) is 4.98 Å². The lowest BCUT2D eigenvalue weighted by atomic mass is 9.50. The first-order valence-corrected chi connectivity index (χ1v) is 12.4. The molecule has 1 atom stereocenters. The van der Waals surface area contributed by atoms with Crippen molar-refractivity contribution in [3.05, 3.63) is 47.8 Å². The Bertz CT molecular complexity index is 1090. The number of hydrogen-bond donors (Lipinski definition) is 2. The maximum atomic E-state index is 12.5. The fraction of sp³-hybridized carbons (Fsp3) is 0.500. The Hall–Kier alpha value is -3.13. The van der Waals surface area contributed by atoms with Crippen LogP contribution in [0.25, 0.3) is 0 Å². The standard InChI is InChI=1S/C26H31N5O3/c1-2-22-25(33)28-21-11-17(3-6-23(21)34-22)16-30-7-9-31(10-8-30)19-4-5-20(27-15-19)24(32)29-26-12-18(13-26)14-26/h3-6,11,15,18,22H,2,7-10,12-14,16H2,1H3,(H,28,33)(H,29,32)/t18?,22-,26?/m0/s1. The van der Waals surface area contributed by atoms with Gasteiger partial charge in [-0.15, -0.1) is 0 Å². The summed E-state index contributed by atoms with van der Waals surface area (Å²) < 4.78 is 5.80. The highest BCUT2D eigenvalue weighted by molar-refractivity contribution is 5.97. The van der Waals surface area contributed by atoms with Crippen molar-refractivity contribution in [2.75, 3.05) is 36.4 Å². The molecule has 8 nitrogen and oxygen atoms in total. The predicted molar refractivity (Wildman–Crippen MR) is 129 cm³/mol. The number of carbonyl (C=O) groups is 2. The van der Waals surface area contributed by atoms with E-state index in [1.54, 1.807) is 0 Å². The van der Waals surface area contributed by atoms with Gasteiger partial charge in [-0.1, -0.05) is 13.0 Å². The zero-order chi connectivity index (χ0) is 23.3. The number of benzene rings is 1. The van der Waals surface area contributed by atoms with Crippen LogP contribution in [-0.4, -0.2) is 59.5 Å². The molecule has 0 unspecified atom stereocenters. The van der Waals surface area contributed by atoms with Gasteiger partial charge in [-0.2, -0.15) is 0 Å². The minimum Gasteiger partial charge on any atom is -0.478 e. The lowest BCUT2D eigenvalue weighted by molar-refractivity contribution is -0.123. The normalized spacial score (nSPS) is 27.6. The van der Waals surface area contributed by atoms with Gasteiger partial charge in [-0.05, 0) is 61.4 Å². The summed E-state index contributed by atoms with van der Waals surface area (Å²) in [5, 5.41) is 6.15. The van der Waals surface area contributed by atoms with E-state index in [1.807, 2.05) is 37.4 Å². The van der Waals surface area contributed by atoms with Crippen molar-refractivity contribution in [2.24, 2.45) is 5.92 Å². The first kappa shape index (κ1) is 21.4. The second-order valence-electron chi connectivity index (χ2n) is 10.2. The number of piperazine rings is 1. The minimum atomic E-state index is -0.405.